The Labute approximate surface area is 279 Å². The monoisotopic (exact) mass is 718 g/mol. The predicted octanol–water partition coefficient (Wildman–Crippen LogP) is 10.5. The van der Waals surface area contributed by atoms with E-state index in [4.69, 9.17) is 0 Å². The first-order chi connectivity index (χ1) is 22.6. The quantitative estimate of drug-likeness (QED) is 0.0959. The molecular formula is C35H44F10O4. The van der Waals surface area contributed by atoms with Gasteiger partial charge in [-0.15, -0.1) is 0 Å². The summed E-state index contributed by atoms with van der Waals surface area (Å²) in [4.78, 5) is 11.5. The molecule has 0 bridgehead atoms. The second-order valence-electron chi connectivity index (χ2n) is 14.5. The number of fused-ring (bicyclic) bond motifs is 5. The minimum atomic E-state index is -7.01. The number of alkyl halides is 10. The van der Waals surface area contributed by atoms with Gasteiger partial charge < -0.3 is 15.3 Å². The lowest BCUT2D eigenvalue weighted by Gasteiger charge is -2.53. The molecule has 2 fully saturated rings. The lowest BCUT2D eigenvalue weighted by atomic mass is 9.51. The van der Waals surface area contributed by atoms with E-state index < -0.39 is 60.9 Å². The van der Waals surface area contributed by atoms with Crippen molar-refractivity contribution in [2.24, 2.45) is 29.1 Å². The topological polar surface area (TPSA) is 77.8 Å². The van der Waals surface area contributed by atoms with Gasteiger partial charge in [0.1, 0.15) is 11.9 Å². The Bertz CT molecular complexity index is 1350. The van der Waals surface area contributed by atoms with Gasteiger partial charge in [-0.05, 0) is 96.4 Å². The van der Waals surface area contributed by atoms with Crippen LogP contribution in [0.15, 0.2) is 30.4 Å². The SMILES string of the molecule is C=C1[C@H](O)C[C@H]2[C@@H]3C(CCCCCCCCC(CCC(F)(F)C(F)(F)C(F)(F)C(F)(F)F)C(=O)O)[C@@H](F)c4cc(O)ccc4[C@H]3CC[C@]12C. The minimum absolute atomic E-state index is 0.0105. The van der Waals surface area contributed by atoms with Crippen LogP contribution in [-0.2, 0) is 4.79 Å². The van der Waals surface area contributed by atoms with Crippen molar-refractivity contribution in [2.45, 2.75) is 133 Å². The van der Waals surface area contributed by atoms with Crippen molar-refractivity contribution >= 4 is 5.97 Å². The van der Waals surface area contributed by atoms with Crippen molar-refractivity contribution < 1.29 is 64.0 Å². The number of unbranched alkanes of at least 4 members (excludes halogenated alkanes) is 5. The zero-order chi connectivity index (χ0) is 36.7. The van der Waals surface area contributed by atoms with Crippen molar-refractivity contribution in [1.29, 1.82) is 0 Å². The van der Waals surface area contributed by atoms with Crippen LogP contribution in [0.25, 0.3) is 0 Å². The molecule has 278 valence electrons. The molecule has 3 N–H and O–H groups in total. The van der Waals surface area contributed by atoms with E-state index in [1.54, 1.807) is 12.1 Å². The molecule has 0 aromatic heterocycles. The normalized spacial score (nSPS) is 29.7. The number of aromatic hydroxyl groups is 1. The fraction of sp³-hybridized carbons (Fsp3) is 0.743. The maximum absolute atomic E-state index is 16.3. The van der Waals surface area contributed by atoms with Gasteiger partial charge in [-0.1, -0.05) is 58.1 Å². The third kappa shape index (κ3) is 7.31. The molecule has 4 rings (SSSR count). The van der Waals surface area contributed by atoms with E-state index in [1.807, 2.05) is 0 Å². The molecule has 0 spiro atoms. The van der Waals surface area contributed by atoms with Crippen LogP contribution in [0.3, 0.4) is 0 Å². The van der Waals surface area contributed by atoms with Gasteiger partial charge in [0.15, 0.2) is 0 Å². The average Bonchev–Trinajstić information content (AvgIpc) is 3.24. The lowest BCUT2D eigenvalue weighted by Crippen LogP contribution is -2.60. The standard InChI is InChI=1S/C35H44F10O4/c1-19-27(47)18-26-28-23(14-15-31(19,26)2)22-12-11-21(46)17-25(22)29(36)24(28)10-8-6-4-3-5-7-9-20(30(48)49)13-16-32(37,38)33(39,40)34(41,42)35(43,44)45/h11-12,17,20,23-24,26-29,46-47H,1,3-10,13-16,18H2,2H3,(H,48,49)/t20?,23-,24?,26+,27-,28+,29-,31-/m1/s1. The van der Waals surface area contributed by atoms with Gasteiger partial charge in [-0.3, -0.25) is 4.79 Å². The van der Waals surface area contributed by atoms with Crippen LogP contribution in [0.2, 0.25) is 0 Å². The molecule has 49 heavy (non-hydrogen) atoms. The molecule has 0 amide bonds. The number of rotatable bonds is 15. The molecule has 2 unspecified atom stereocenters. The zero-order valence-electron chi connectivity index (χ0n) is 27.2. The van der Waals surface area contributed by atoms with Crippen molar-refractivity contribution in [2.75, 3.05) is 0 Å². The van der Waals surface area contributed by atoms with Crippen molar-refractivity contribution in [1.82, 2.24) is 0 Å². The number of halogens is 10. The Morgan fingerprint density at radius 1 is 0.939 bits per heavy atom. The second kappa shape index (κ2) is 14.3. The first-order valence-corrected chi connectivity index (χ1v) is 16.9. The molecule has 4 nitrogen and oxygen atoms in total. The molecular weight excluding hydrogens is 674 g/mol. The maximum atomic E-state index is 16.3. The Balaban J connectivity index is 1.28. The number of carboxylic acids is 1. The zero-order valence-corrected chi connectivity index (χ0v) is 27.2. The van der Waals surface area contributed by atoms with Gasteiger partial charge in [-0.2, -0.15) is 39.5 Å². The van der Waals surface area contributed by atoms with Crippen LogP contribution in [0.5, 0.6) is 5.75 Å². The van der Waals surface area contributed by atoms with E-state index in [9.17, 15) is 59.6 Å². The number of aliphatic carboxylic acids is 1. The molecule has 0 aliphatic heterocycles. The van der Waals surface area contributed by atoms with Gasteiger partial charge in [0.2, 0.25) is 0 Å². The summed E-state index contributed by atoms with van der Waals surface area (Å²) in [7, 11) is 0. The number of hydrogen-bond acceptors (Lipinski definition) is 3. The number of carboxylic acid groups (broad SMARTS) is 1. The van der Waals surface area contributed by atoms with Crippen LogP contribution in [0, 0.1) is 29.1 Å². The van der Waals surface area contributed by atoms with Crippen LogP contribution < -0.4 is 0 Å². The Morgan fingerprint density at radius 3 is 2.16 bits per heavy atom. The van der Waals surface area contributed by atoms with Crippen LogP contribution in [0.4, 0.5) is 43.9 Å². The summed E-state index contributed by atoms with van der Waals surface area (Å²) < 4.78 is 134. The fourth-order valence-corrected chi connectivity index (χ4v) is 8.77. The van der Waals surface area contributed by atoms with Gasteiger partial charge in [-0.25, -0.2) is 4.39 Å². The number of aliphatic hydroxyl groups is 1. The highest BCUT2D eigenvalue weighted by molar-refractivity contribution is 5.69. The summed E-state index contributed by atoms with van der Waals surface area (Å²) >= 11 is 0. The largest absolute Gasteiger partial charge is 0.508 e. The molecule has 0 radical (unpaired) electrons. The maximum Gasteiger partial charge on any atom is 0.460 e. The highest BCUT2D eigenvalue weighted by Gasteiger charge is 2.81. The molecule has 3 aliphatic rings. The minimum Gasteiger partial charge on any atom is -0.508 e. The first kappa shape index (κ1) is 39.3. The molecule has 2 saturated carbocycles. The average molecular weight is 719 g/mol. The molecule has 0 heterocycles. The summed E-state index contributed by atoms with van der Waals surface area (Å²) in [6, 6.07) is 4.87. The third-order valence-electron chi connectivity index (χ3n) is 11.7. The Kier molecular flexibility index (Phi) is 11.4. The van der Waals surface area contributed by atoms with E-state index in [1.165, 1.54) is 6.07 Å². The van der Waals surface area contributed by atoms with Crippen LogP contribution in [0.1, 0.15) is 114 Å². The molecule has 3 aliphatic carbocycles. The van der Waals surface area contributed by atoms with E-state index >= 15 is 4.39 Å². The molecule has 0 saturated heterocycles. The van der Waals surface area contributed by atoms with E-state index in [0.29, 0.717) is 50.5 Å². The second-order valence-corrected chi connectivity index (χ2v) is 14.5. The summed E-state index contributed by atoms with van der Waals surface area (Å²) in [5.41, 5.74) is 1.89. The number of benzene rings is 1. The van der Waals surface area contributed by atoms with E-state index in [2.05, 4.69) is 13.5 Å². The summed E-state index contributed by atoms with van der Waals surface area (Å²) in [5, 5.41) is 30.1. The lowest BCUT2D eigenvalue weighted by molar-refractivity contribution is -0.396. The summed E-state index contributed by atoms with van der Waals surface area (Å²) in [6.45, 7) is 6.27. The highest BCUT2D eigenvalue weighted by atomic mass is 19.4. The van der Waals surface area contributed by atoms with Crippen LogP contribution >= 0.6 is 0 Å². The van der Waals surface area contributed by atoms with Crippen molar-refractivity contribution in [3.8, 4) is 5.75 Å². The van der Waals surface area contributed by atoms with Gasteiger partial charge >= 0.3 is 29.9 Å². The third-order valence-corrected chi connectivity index (χ3v) is 11.7. The summed E-state index contributed by atoms with van der Waals surface area (Å²) in [5.74, 6) is -23.1. The van der Waals surface area contributed by atoms with Crippen molar-refractivity contribution in [3.05, 3.63) is 41.5 Å². The Morgan fingerprint density at radius 2 is 1.55 bits per heavy atom. The van der Waals surface area contributed by atoms with Gasteiger partial charge in [0.05, 0.1) is 12.0 Å². The first-order valence-electron chi connectivity index (χ1n) is 16.9. The Hall–Kier alpha value is -2.51. The smallest absolute Gasteiger partial charge is 0.460 e. The molecule has 1 aromatic carbocycles. The molecule has 14 heteroatoms. The summed E-state index contributed by atoms with van der Waals surface area (Å²) in [6.07, 6.45) is -6.62. The number of hydrogen-bond donors (Lipinski definition) is 3. The number of phenols is 1. The molecule has 8 atom stereocenters. The van der Waals surface area contributed by atoms with E-state index in [-0.39, 0.29) is 47.7 Å². The van der Waals surface area contributed by atoms with Crippen molar-refractivity contribution in [3.63, 3.8) is 0 Å². The van der Waals surface area contributed by atoms with Gasteiger partial charge in [0.25, 0.3) is 0 Å². The number of carbonyl (C=O) groups is 1. The number of aliphatic hydroxyl groups excluding tert-OH is 1. The van der Waals surface area contributed by atoms with Gasteiger partial charge in [0, 0.05) is 6.42 Å². The fourth-order valence-electron chi connectivity index (χ4n) is 8.77. The van der Waals surface area contributed by atoms with E-state index in [0.717, 1.165) is 24.0 Å². The molecule has 1 aromatic rings. The number of phenolic OH excluding ortho intramolecular Hbond substituents is 1. The highest BCUT2D eigenvalue weighted by Crippen LogP contribution is 2.66. The predicted molar refractivity (Wildman–Crippen MR) is 160 cm³/mol. The van der Waals surface area contributed by atoms with Crippen LogP contribution in [-0.4, -0.2) is 51.3 Å².